The molecule has 2 rings (SSSR count). The van der Waals surface area contributed by atoms with Crippen molar-refractivity contribution in [3.63, 3.8) is 0 Å². The highest BCUT2D eigenvalue weighted by molar-refractivity contribution is 5.74. The van der Waals surface area contributed by atoms with Crippen molar-refractivity contribution in [3.05, 3.63) is 47.8 Å². The van der Waals surface area contributed by atoms with Gasteiger partial charge in [-0.1, -0.05) is 6.07 Å². The van der Waals surface area contributed by atoms with E-state index in [-0.39, 0.29) is 5.82 Å². The Morgan fingerprint density at radius 1 is 1.17 bits per heavy atom. The van der Waals surface area contributed by atoms with Gasteiger partial charge in [-0.05, 0) is 36.8 Å². The molecule has 0 heterocycles. The third-order valence-electron chi connectivity index (χ3n) is 2.71. The molecule has 4 heteroatoms. The Morgan fingerprint density at radius 2 is 1.94 bits per heavy atom. The Kier molecular flexibility index (Phi) is 3.37. The quantitative estimate of drug-likeness (QED) is 0.815. The van der Waals surface area contributed by atoms with E-state index in [9.17, 15) is 4.39 Å². The smallest absolute Gasteiger partial charge is 0.128 e. The summed E-state index contributed by atoms with van der Waals surface area (Å²) in [5.41, 5.74) is 8.38. The molecule has 0 aliphatic carbocycles. The summed E-state index contributed by atoms with van der Waals surface area (Å²) in [6.45, 7) is 1.72. The second-order valence-electron chi connectivity index (χ2n) is 4.04. The van der Waals surface area contributed by atoms with E-state index >= 15 is 0 Å². The minimum Gasteiger partial charge on any atom is -0.497 e. The zero-order valence-electron chi connectivity index (χ0n) is 10.3. The molecule has 0 aromatic heterocycles. The lowest BCUT2D eigenvalue weighted by Crippen LogP contribution is -1.98. The summed E-state index contributed by atoms with van der Waals surface area (Å²) in [6.07, 6.45) is 0. The maximum atomic E-state index is 13.4. The predicted molar refractivity (Wildman–Crippen MR) is 71.8 cm³/mol. The van der Waals surface area contributed by atoms with Gasteiger partial charge < -0.3 is 15.8 Å². The van der Waals surface area contributed by atoms with Gasteiger partial charge in [0.1, 0.15) is 11.6 Å². The topological polar surface area (TPSA) is 47.3 Å². The second-order valence-corrected chi connectivity index (χ2v) is 4.04. The van der Waals surface area contributed by atoms with Crippen LogP contribution in [0.25, 0.3) is 0 Å². The number of nitrogen functional groups attached to an aromatic ring is 1. The van der Waals surface area contributed by atoms with Crippen molar-refractivity contribution in [1.29, 1.82) is 0 Å². The number of benzene rings is 2. The fourth-order valence-corrected chi connectivity index (χ4v) is 1.60. The van der Waals surface area contributed by atoms with Crippen LogP contribution in [0, 0.1) is 12.7 Å². The molecule has 3 N–H and O–H groups in total. The highest BCUT2D eigenvalue weighted by atomic mass is 19.1. The van der Waals surface area contributed by atoms with Gasteiger partial charge in [0, 0.05) is 11.8 Å². The molecule has 0 spiro atoms. The summed E-state index contributed by atoms with van der Waals surface area (Å²) < 4.78 is 18.6. The largest absolute Gasteiger partial charge is 0.497 e. The number of nitrogens with two attached hydrogens (primary N) is 1. The van der Waals surface area contributed by atoms with Crippen LogP contribution in [0.4, 0.5) is 21.5 Å². The first-order valence-electron chi connectivity index (χ1n) is 5.57. The first-order valence-corrected chi connectivity index (χ1v) is 5.57. The van der Waals surface area contributed by atoms with Gasteiger partial charge >= 0.3 is 0 Å². The van der Waals surface area contributed by atoms with Gasteiger partial charge in [-0.2, -0.15) is 0 Å². The Labute approximate surface area is 105 Å². The van der Waals surface area contributed by atoms with Gasteiger partial charge in [-0.15, -0.1) is 0 Å². The first kappa shape index (κ1) is 12.2. The molecular weight excluding hydrogens is 231 g/mol. The van der Waals surface area contributed by atoms with Crippen molar-refractivity contribution in [2.24, 2.45) is 0 Å². The number of aryl methyl sites for hydroxylation is 1. The Bertz CT molecular complexity index is 570. The van der Waals surface area contributed by atoms with Gasteiger partial charge in [0.2, 0.25) is 0 Å². The summed E-state index contributed by atoms with van der Waals surface area (Å²) in [5.74, 6) is 0.445. The van der Waals surface area contributed by atoms with Crippen LogP contribution >= 0.6 is 0 Å². The molecule has 0 atom stereocenters. The summed E-state index contributed by atoms with van der Waals surface area (Å²) in [7, 11) is 1.58. The second kappa shape index (κ2) is 4.96. The van der Waals surface area contributed by atoms with E-state index in [0.29, 0.717) is 28.4 Å². The fraction of sp³-hybridized carbons (Fsp3) is 0.143. The monoisotopic (exact) mass is 246 g/mol. The van der Waals surface area contributed by atoms with Crippen molar-refractivity contribution >= 4 is 17.1 Å². The Hall–Kier alpha value is -2.23. The molecular formula is C14H15FN2O. The molecule has 0 bridgehead atoms. The number of hydrogen-bond donors (Lipinski definition) is 2. The number of halogens is 1. The summed E-state index contributed by atoms with van der Waals surface area (Å²) in [6, 6.07) is 10.2. The molecule has 0 saturated carbocycles. The SMILES string of the molecule is COc1ccc(N)c(Nc2ccc(C)c(F)c2)c1. The van der Waals surface area contributed by atoms with Gasteiger partial charge in [0.25, 0.3) is 0 Å². The fourth-order valence-electron chi connectivity index (χ4n) is 1.60. The van der Waals surface area contributed by atoms with Crippen LogP contribution in [-0.4, -0.2) is 7.11 Å². The molecule has 0 unspecified atom stereocenters. The van der Waals surface area contributed by atoms with Crippen LogP contribution in [-0.2, 0) is 0 Å². The van der Waals surface area contributed by atoms with E-state index in [1.807, 2.05) is 0 Å². The number of nitrogens with one attached hydrogen (secondary N) is 1. The lowest BCUT2D eigenvalue weighted by molar-refractivity contribution is 0.415. The summed E-state index contributed by atoms with van der Waals surface area (Å²) in [5, 5.41) is 3.07. The molecule has 0 saturated heterocycles. The van der Waals surface area contributed by atoms with Crippen LogP contribution in [0.5, 0.6) is 5.75 Å². The molecule has 2 aromatic carbocycles. The van der Waals surface area contributed by atoms with E-state index in [1.165, 1.54) is 6.07 Å². The third-order valence-corrected chi connectivity index (χ3v) is 2.71. The molecule has 3 nitrogen and oxygen atoms in total. The van der Waals surface area contributed by atoms with E-state index < -0.39 is 0 Å². The molecule has 0 aliphatic rings. The zero-order chi connectivity index (χ0) is 13.1. The standard InChI is InChI=1S/C14H15FN2O/c1-9-3-4-10(7-12(9)15)17-14-8-11(18-2)5-6-13(14)16/h3-8,17H,16H2,1-2H3. The van der Waals surface area contributed by atoms with E-state index in [2.05, 4.69) is 5.32 Å². The maximum absolute atomic E-state index is 13.4. The minimum atomic E-state index is -0.249. The predicted octanol–water partition coefficient (Wildman–Crippen LogP) is 3.47. The summed E-state index contributed by atoms with van der Waals surface area (Å²) in [4.78, 5) is 0. The molecule has 0 fully saturated rings. The maximum Gasteiger partial charge on any atom is 0.128 e. The molecule has 18 heavy (non-hydrogen) atoms. The van der Waals surface area contributed by atoms with Crippen LogP contribution in [0.15, 0.2) is 36.4 Å². The van der Waals surface area contributed by atoms with Crippen molar-refractivity contribution in [1.82, 2.24) is 0 Å². The Morgan fingerprint density at radius 3 is 2.61 bits per heavy atom. The van der Waals surface area contributed by atoms with Gasteiger partial charge in [-0.3, -0.25) is 0 Å². The molecule has 0 amide bonds. The molecule has 2 aromatic rings. The highest BCUT2D eigenvalue weighted by Gasteiger charge is 2.04. The lowest BCUT2D eigenvalue weighted by Gasteiger charge is -2.11. The molecule has 94 valence electrons. The number of rotatable bonds is 3. The van der Waals surface area contributed by atoms with Crippen molar-refractivity contribution in [3.8, 4) is 5.75 Å². The zero-order valence-corrected chi connectivity index (χ0v) is 10.3. The van der Waals surface area contributed by atoms with Crippen LogP contribution in [0.3, 0.4) is 0 Å². The number of methoxy groups -OCH3 is 1. The van der Waals surface area contributed by atoms with E-state index in [1.54, 1.807) is 44.4 Å². The van der Waals surface area contributed by atoms with Gasteiger partial charge in [0.05, 0.1) is 18.5 Å². The highest BCUT2D eigenvalue weighted by Crippen LogP contribution is 2.28. The van der Waals surface area contributed by atoms with Gasteiger partial charge in [0.15, 0.2) is 0 Å². The van der Waals surface area contributed by atoms with Crippen molar-refractivity contribution in [2.45, 2.75) is 6.92 Å². The number of ether oxygens (including phenoxy) is 1. The molecule has 0 aliphatic heterocycles. The lowest BCUT2D eigenvalue weighted by atomic mass is 10.2. The van der Waals surface area contributed by atoms with Crippen LogP contribution in [0.2, 0.25) is 0 Å². The average molecular weight is 246 g/mol. The number of hydrogen-bond acceptors (Lipinski definition) is 3. The van der Waals surface area contributed by atoms with E-state index in [0.717, 1.165) is 0 Å². The minimum absolute atomic E-state index is 0.249. The average Bonchev–Trinajstić information content (AvgIpc) is 2.36. The first-order chi connectivity index (χ1) is 8.60. The summed E-state index contributed by atoms with van der Waals surface area (Å²) >= 11 is 0. The number of anilines is 3. The van der Waals surface area contributed by atoms with Crippen molar-refractivity contribution in [2.75, 3.05) is 18.2 Å². The van der Waals surface area contributed by atoms with Crippen LogP contribution in [0.1, 0.15) is 5.56 Å². The van der Waals surface area contributed by atoms with Gasteiger partial charge in [-0.25, -0.2) is 4.39 Å². The van der Waals surface area contributed by atoms with Crippen molar-refractivity contribution < 1.29 is 9.13 Å². The molecule has 0 radical (unpaired) electrons. The Balaban J connectivity index is 2.30. The van der Waals surface area contributed by atoms with Crippen LogP contribution < -0.4 is 15.8 Å². The van der Waals surface area contributed by atoms with E-state index in [4.69, 9.17) is 10.5 Å². The third kappa shape index (κ3) is 2.53. The normalized spacial score (nSPS) is 10.2.